The number of carbonyl (C=O) groups is 2. The van der Waals surface area contributed by atoms with Crippen LogP contribution in [0.4, 0.5) is 26.3 Å². The summed E-state index contributed by atoms with van der Waals surface area (Å²) in [6.07, 6.45) is -4.01. The molecule has 5 nitrogen and oxygen atoms in total. The number of nitrogens with one attached hydrogen (secondary N) is 2. The molecule has 1 aromatic carbocycles. The van der Waals surface area contributed by atoms with Crippen molar-refractivity contribution in [3.8, 4) is 0 Å². The van der Waals surface area contributed by atoms with E-state index >= 15 is 0 Å². The smallest absolute Gasteiger partial charge is 0.352 e. The van der Waals surface area contributed by atoms with E-state index < -0.39 is 35.0 Å². The minimum Gasteiger partial charge on any atom is -0.352 e. The average molecular weight is 508 g/mol. The van der Waals surface area contributed by atoms with Crippen molar-refractivity contribution in [3.63, 3.8) is 0 Å². The van der Waals surface area contributed by atoms with Crippen LogP contribution in [0.2, 0.25) is 0 Å². The van der Waals surface area contributed by atoms with Gasteiger partial charge in [-0.15, -0.1) is 0 Å². The van der Waals surface area contributed by atoms with E-state index in [-0.39, 0.29) is 37.0 Å². The van der Waals surface area contributed by atoms with Gasteiger partial charge in [0.25, 0.3) is 5.91 Å². The lowest BCUT2D eigenvalue weighted by molar-refractivity contribution is -0.143. The molecule has 2 fully saturated rings. The Labute approximate surface area is 200 Å². The third-order valence-electron chi connectivity index (χ3n) is 6.96. The second-order valence-electron chi connectivity index (χ2n) is 9.39. The van der Waals surface area contributed by atoms with E-state index in [1.165, 1.54) is 0 Å². The van der Waals surface area contributed by atoms with Gasteiger partial charge in [0, 0.05) is 30.7 Å². The maximum atomic E-state index is 13.0. The molecule has 1 aromatic rings. The van der Waals surface area contributed by atoms with Gasteiger partial charge in [-0.3, -0.25) is 9.59 Å². The summed E-state index contributed by atoms with van der Waals surface area (Å²) in [5.74, 6) is -0.810. The lowest BCUT2D eigenvalue weighted by Crippen LogP contribution is -2.45. The van der Waals surface area contributed by atoms with E-state index in [2.05, 4.69) is 17.6 Å². The van der Waals surface area contributed by atoms with Gasteiger partial charge in [0.1, 0.15) is 0 Å². The lowest BCUT2D eigenvalue weighted by atomic mass is 9.86. The molecule has 0 spiro atoms. The van der Waals surface area contributed by atoms with Crippen LogP contribution in [0.1, 0.15) is 73.4 Å². The number of benzene rings is 1. The van der Waals surface area contributed by atoms with E-state index in [0.29, 0.717) is 18.2 Å². The lowest BCUT2D eigenvalue weighted by Gasteiger charge is -2.30. The zero-order valence-corrected chi connectivity index (χ0v) is 19.6. The fourth-order valence-corrected chi connectivity index (χ4v) is 4.92. The van der Waals surface area contributed by atoms with Gasteiger partial charge in [-0.05, 0) is 69.1 Å². The monoisotopic (exact) mass is 507 g/mol. The molecular weight excluding hydrogens is 476 g/mol. The van der Waals surface area contributed by atoms with Crippen LogP contribution in [0, 0.1) is 5.92 Å². The number of amides is 2. The maximum absolute atomic E-state index is 13.0. The molecule has 196 valence electrons. The Hall–Kier alpha value is -2.30. The van der Waals surface area contributed by atoms with Crippen LogP contribution < -0.4 is 10.6 Å². The van der Waals surface area contributed by atoms with Crippen molar-refractivity contribution in [2.75, 3.05) is 19.6 Å². The van der Waals surface area contributed by atoms with Crippen molar-refractivity contribution in [2.45, 2.75) is 76.3 Å². The first-order chi connectivity index (χ1) is 16.4. The molecule has 1 saturated carbocycles. The number of alkyl halides is 6. The fraction of sp³-hybridized carbons (Fsp3) is 0.667. The van der Waals surface area contributed by atoms with Crippen LogP contribution in [-0.4, -0.2) is 48.4 Å². The molecule has 35 heavy (non-hydrogen) atoms. The second kappa shape index (κ2) is 11.2. The molecule has 3 rings (SSSR count). The van der Waals surface area contributed by atoms with Gasteiger partial charge >= 0.3 is 12.4 Å². The molecular formula is C24H31F6N3O2. The number of carbonyl (C=O) groups excluding carboxylic acids is 2. The van der Waals surface area contributed by atoms with Crippen LogP contribution >= 0.6 is 0 Å². The molecule has 11 heteroatoms. The molecule has 1 heterocycles. The Morgan fingerprint density at radius 3 is 2.09 bits per heavy atom. The second-order valence-corrected chi connectivity index (χ2v) is 9.39. The van der Waals surface area contributed by atoms with Crippen molar-refractivity contribution in [3.05, 3.63) is 34.9 Å². The Balaban J connectivity index is 1.47. The summed E-state index contributed by atoms with van der Waals surface area (Å²) in [4.78, 5) is 26.8. The van der Waals surface area contributed by atoms with Crippen molar-refractivity contribution in [1.29, 1.82) is 0 Å². The Kier molecular flexibility index (Phi) is 8.72. The Morgan fingerprint density at radius 1 is 0.943 bits per heavy atom. The normalized spacial score (nSPS) is 23.4. The number of nitrogens with zero attached hydrogens (tertiary/aromatic N) is 1. The SMILES string of the molecule is CCC1CCCN1C(=O)CN[C@H]1CC[C@H](CNC(=O)c2cc(C(F)(F)F)cc(C(F)(F)F)c2)CC1. The summed E-state index contributed by atoms with van der Waals surface area (Å²) in [5, 5.41) is 5.79. The van der Waals surface area contributed by atoms with Crippen LogP contribution in [0.5, 0.6) is 0 Å². The van der Waals surface area contributed by atoms with Gasteiger partial charge in [-0.25, -0.2) is 0 Å². The molecule has 1 saturated heterocycles. The highest BCUT2D eigenvalue weighted by Gasteiger charge is 2.37. The minimum absolute atomic E-state index is 0.00191. The molecule has 1 atom stereocenters. The quantitative estimate of drug-likeness (QED) is 0.511. The van der Waals surface area contributed by atoms with Crippen molar-refractivity contribution >= 4 is 11.8 Å². The van der Waals surface area contributed by atoms with E-state index in [1.807, 2.05) is 4.90 Å². The molecule has 1 aliphatic heterocycles. The van der Waals surface area contributed by atoms with Crippen molar-refractivity contribution < 1.29 is 35.9 Å². The first-order valence-electron chi connectivity index (χ1n) is 12.0. The van der Waals surface area contributed by atoms with E-state index in [9.17, 15) is 35.9 Å². The zero-order chi connectivity index (χ0) is 25.8. The fourth-order valence-electron chi connectivity index (χ4n) is 4.92. The minimum atomic E-state index is -5.00. The molecule has 1 unspecified atom stereocenters. The molecule has 2 aliphatic rings. The predicted molar refractivity (Wildman–Crippen MR) is 118 cm³/mol. The molecule has 2 amide bonds. The van der Waals surface area contributed by atoms with Crippen LogP contribution in [0.25, 0.3) is 0 Å². The van der Waals surface area contributed by atoms with Gasteiger partial charge in [-0.2, -0.15) is 26.3 Å². The Bertz CT molecular complexity index is 862. The standard InChI is InChI=1S/C24H31F6N3O2/c1-2-20-4-3-9-33(20)21(34)14-31-19-7-5-15(6-8-19)13-32-22(35)16-10-17(23(25,26)27)12-18(11-16)24(28,29)30/h10-12,15,19-20,31H,2-9,13-14H2,1H3,(H,32,35)/t15-,19-,20?. The summed E-state index contributed by atoms with van der Waals surface area (Å²) < 4.78 is 78.1. The molecule has 0 radical (unpaired) electrons. The van der Waals surface area contributed by atoms with E-state index in [1.54, 1.807) is 0 Å². The molecule has 0 bridgehead atoms. The average Bonchev–Trinajstić information content (AvgIpc) is 3.29. The van der Waals surface area contributed by atoms with Gasteiger partial charge in [-0.1, -0.05) is 6.92 Å². The third kappa shape index (κ3) is 7.35. The topological polar surface area (TPSA) is 61.4 Å². The number of hydrogen-bond donors (Lipinski definition) is 2. The van der Waals surface area contributed by atoms with Gasteiger partial charge in [0.15, 0.2) is 0 Å². The van der Waals surface area contributed by atoms with Gasteiger partial charge in [0.2, 0.25) is 5.91 Å². The predicted octanol–water partition coefficient (Wildman–Crippen LogP) is 5.00. The van der Waals surface area contributed by atoms with Crippen molar-refractivity contribution in [2.24, 2.45) is 5.92 Å². The zero-order valence-electron chi connectivity index (χ0n) is 19.6. The van der Waals surface area contributed by atoms with Crippen LogP contribution in [0.3, 0.4) is 0 Å². The van der Waals surface area contributed by atoms with E-state index in [4.69, 9.17) is 0 Å². The summed E-state index contributed by atoms with van der Waals surface area (Å²) in [7, 11) is 0. The maximum Gasteiger partial charge on any atom is 0.416 e. The summed E-state index contributed by atoms with van der Waals surface area (Å²) in [5.41, 5.74) is -3.70. The van der Waals surface area contributed by atoms with Gasteiger partial charge < -0.3 is 15.5 Å². The summed E-state index contributed by atoms with van der Waals surface area (Å²) in [6.45, 7) is 3.31. The third-order valence-corrected chi connectivity index (χ3v) is 6.96. The molecule has 1 aliphatic carbocycles. The van der Waals surface area contributed by atoms with Crippen LogP contribution in [-0.2, 0) is 17.1 Å². The first kappa shape index (κ1) is 27.3. The number of rotatable bonds is 7. The molecule has 0 aromatic heterocycles. The largest absolute Gasteiger partial charge is 0.416 e. The van der Waals surface area contributed by atoms with E-state index in [0.717, 1.165) is 51.5 Å². The summed E-state index contributed by atoms with van der Waals surface area (Å²) >= 11 is 0. The Morgan fingerprint density at radius 2 is 1.54 bits per heavy atom. The number of hydrogen-bond acceptors (Lipinski definition) is 3. The van der Waals surface area contributed by atoms with Gasteiger partial charge in [0.05, 0.1) is 17.7 Å². The highest BCUT2D eigenvalue weighted by molar-refractivity contribution is 5.94. The summed E-state index contributed by atoms with van der Waals surface area (Å²) in [6, 6.07) is 1.35. The number of likely N-dealkylation sites (tertiary alicyclic amines) is 1. The van der Waals surface area contributed by atoms with Crippen molar-refractivity contribution in [1.82, 2.24) is 15.5 Å². The number of halogens is 6. The van der Waals surface area contributed by atoms with Crippen LogP contribution in [0.15, 0.2) is 18.2 Å². The molecule has 2 N–H and O–H groups in total. The highest BCUT2D eigenvalue weighted by atomic mass is 19.4. The first-order valence-corrected chi connectivity index (χ1v) is 12.0. The highest BCUT2D eigenvalue weighted by Crippen LogP contribution is 2.36.